The van der Waals surface area contributed by atoms with Crippen molar-refractivity contribution in [2.75, 3.05) is 11.9 Å². The molecular formula is C15H24N2O. The van der Waals surface area contributed by atoms with Gasteiger partial charge in [-0.25, -0.2) is 0 Å². The average Bonchev–Trinajstić information content (AvgIpc) is 2.20. The lowest BCUT2D eigenvalue weighted by Gasteiger charge is -2.20. The third-order valence-corrected chi connectivity index (χ3v) is 2.58. The van der Waals surface area contributed by atoms with Crippen LogP contribution >= 0.6 is 0 Å². The van der Waals surface area contributed by atoms with Crippen LogP contribution in [-0.2, 0) is 4.79 Å². The first kappa shape index (κ1) is 14.6. The van der Waals surface area contributed by atoms with Gasteiger partial charge in [-0.2, -0.15) is 0 Å². The Balaban J connectivity index is 2.42. The van der Waals surface area contributed by atoms with E-state index in [0.717, 1.165) is 5.69 Å². The molecule has 0 atom stereocenters. The Labute approximate surface area is 110 Å². The highest BCUT2D eigenvalue weighted by Gasteiger charge is 2.12. The van der Waals surface area contributed by atoms with Gasteiger partial charge in [-0.15, -0.1) is 0 Å². The molecule has 0 spiro atoms. The highest BCUT2D eigenvalue weighted by Crippen LogP contribution is 2.16. The van der Waals surface area contributed by atoms with E-state index in [9.17, 15) is 4.79 Å². The van der Waals surface area contributed by atoms with Crippen molar-refractivity contribution < 1.29 is 4.79 Å². The number of carbonyl (C=O) groups is 1. The minimum atomic E-state index is -0.156. The van der Waals surface area contributed by atoms with Crippen molar-refractivity contribution in [2.24, 2.45) is 0 Å². The van der Waals surface area contributed by atoms with Crippen molar-refractivity contribution >= 4 is 11.6 Å². The van der Waals surface area contributed by atoms with E-state index in [1.807, 2.05) is 20.8 Å². The average molecular weight is 248 g/mol. The Morgan fingerprint density at radius 1 is 1.22 bits per heavy atom. The van der Waals surface area contributed by atoms with E-state index in [4.69, 9.17) is 0 Å². The van der Waals surface area contributed by atoms with Gasteiger partial charge in [0.25, 0.3) is 0 Å². The molecule has 0 fully saturated rings. The Bertz CT molecular complexity index is 419. The zero-order chi connectivity index (χ0) is 13.8. The smallest absolute Gasteiger partial charge is 0.222 e. The van der Waals surface area contributed by atoms with E-state index in [2.05, 4.69) is 42.7 Å². The second-order valence-electron chi connectivity index (χ2n) is 5.79. The van der Waals surface area contributed by atoms with Gasteiger partial charge in [0, 0.05) is 24.2 Å². The van der Waals surface area contributed by atoms with E-state index >= 15 is 0 Å². The van der Waals surface area contributed by atoms with Crippen LogP contribution in [0.1, 0.15) is 38.3 Å². The molecule has 0 aliphatic carbocycles. The maximum atomic E-state index is 11.6. The Kier molecular flexibility index (Phi) is 4.76. The van der Waals surface area contributed by atoms with Crippen molar-refractivity contribution in [3.05, 3.63) is 29.3 Å². The van der Waals surface area contributed by atoms with E-state index in [-0.39, 0.29) is 11.4 Å². The summed E-state index contributed by atoms with van der Waals surface area (Å²) < 4.78 is 0. The Hall–Kier alpha value is -1.51. The highest BCUT2D eigenvalue weighted by molar-refractivity contribution is 5.77. The molecule has 0 bridgehead atoms. The molecule has 0 aliphatic heterocycles. The van der Waals surface area contributed by atoms with Crippen LogP contribution in [0.25, 0.3) is 0 Å². The molecule has 0 saturated carbocycles. The van der Waals surface area contributed by atoms with Gasteiger partial charge in [-0.3, -0.25) is 4.79 Å². The van der Waals surface area contributed by atoms with Gasteiger partial charge >= 0.3 is 0 Å². The van der Waals surface area contributed by atoms with E-state index in [0.29, 0.717) is 13.0 Å². The molecule has 0 aliphatic rings. The fourth-order valence-corrected chi connectivity index (χ4v) is 1.72. The maximum absolute atomic E-state index is 11.6. The van der Waals surface area contributed by atoms with Crippen LogP contribution in [-0.4, -0.2) is 18.0 Å². The molecule has 1 aromatic rings. The summed E-state index contributed by atoms with van der Waals surface area (Å²) >= 11 is 0. The van der Waals surface area contributed by atoms with Crippen molar-refractivity contribution in [1.29, 1.82) is 0 Å². The van der Waals surface area contributed by atoms with Gasteiger partial charge in [0.1, 0.15) is 0 Å². The van der Waals surface area contributed by atoms with Crippen LogP contribution in [0.4, 0.5) is 5.69 Å². The normalized spacial score (nSPS) is 11.2. The molecule has 0 heterocycles. The van der Waals surface area contributed by atoms with Crippen LogP contribution < -0.4 is 10.6 Å². The van der Waals surface area contributed by atoms with Crippen molar-refractivity contribution in [1.82, 2.24) is 5.32 Å². The number of amides is 1. The molecule has 0 aromatic heterocycles. The minimum absolute atomic E-state index is 0.0836. The standard InChI is InChI=1S/C15H24N2O/c1-11-6-7-12(2)13(10-11)16-9-8-14(18)17-15(3,4)5/h6-7,10,16H,8-9H2,1-5H3,(H,17,18). The number of carbonyl (C=O) groups excluding carboxylic acids is 1. The van der Waals surface area contributed by atoms with Crippen molar-refractivity contribution in [2.45, 2.75) is 46.6 Å². The molecule has 0 radical (unpaired) electrons. The molecule has 0 unspecified atom stereocenters. The molecule has 0 saturated heterocycles. The fourth-order valence-electron chi connectivity index (χ4n) is 1.72. The second-order valence-corrected chi connectivity index (χ2v) is 5.79. The first-order chi connectivity index (χ1) is 8.28. The minimum Gasteiger partial charge on any atom is -0.384 e. The number of aryl methyl sites for hydroxylation is 2. The van der Waals surface area contributed by atoms with Gasteiger partial charge in [0.05, 0.1) is 0 Å². The predicted octanol–water partition coefficient (Wildman–Crippen LogP) is 3.02. The molecular weight excluding hydrogens is 224 g/mol. The monoisotopic (exact) mass is 248 g/mol. The van der Waals surface area contributed by atoms with Crippen molar-refractivity contribution in [3.8, 4) is 0 Å². The largest absolute Gasteiger partial charge is 0.384 e. The zero-order valence-electron chi connectivity index (χ0n) is 12.1. The van der Waals surface area contributed by atoms with Crippen LogP contribution in [0, 0.1) is 13.8 Å². The molecule has 3 nitrogen and oxygen atoms in total. The molecule has 1 amide bonds. The summed E-state index contributed by atoms with van der Waals surface area (Å²) in [5.74, 6) is 0.0836. The van der Waals surface area contributed by atoms with Gasteiger partial charge in [0.2, 0.25) is 5.91 Å². The molecule has 2 N–H and O–H groups in total. The number of nitrogens with one attached hydrogen (secondary N) is 2. The van der Waals surface area contributed by atoms with E-state index in [1.54, 1.807) is 0 Å². The van der Waals surface area contributed by atoms with Crippen LogP contribution in [0.5, 0.6) is 0 Å². The quantitative estimate of drug-likeness (QED) is 0.860. The van der Waals surface area contributed by atoms with Gasteiger partial charge in [-0.05, 0) is 51.8 Å². The van der Waals surface area contributed by atoms with Crippen LogP contribution in [0.2, 0.25) is 0 Å². The van der Waals surface area contributed by atoms with E-state index < -0.39 is 0 Å². The number of anilines is 1. The first-order valence-corrected chi connectivity index (χ1v) is 6.40. The molecule has 100 valence electrons. The number of benzene rings is 1. The first-order valence-electron chi connectivity index (χ1n) is 6.40. The SMILES string of the molecule is Cc1ccc(C)c(NCCC(=O)NC(C)(C)C)c1. The molecule has 1 rings (SSSR count). The topological polar surface area (TPSA) is 41.1 Å². The lowest BCUT2D eigenvalue weighted by Crippen LogP contribution is -2.41. The number of hydrogen-bond donors (Lipinski definition) is 2. The predicted molar refractivity (Wildman–Crippen MR) is 76.9 cm³/mol. The van der Waals surface area contributed by atoms with E-state index in [1.165, 1.54) is 11.1 Å². The summed E-state index contributed by atoms with van der Waals surface area (Å²) in [5, 5.41) is 6.26. The van der Waals surface area contributed by atoms with Gasteiger partial charge in [-0.1, -0.05) is 12.1 Å². The lowest BCUT2D eigenvalue weighted by molar-refractivity contribution is -0.122. The maximum Gasteiger partial charge on any atom is 0.222 e. The Morgan fingerprint density at radius 2 is 1.89 bits per heavy atom. The van der Waals surface area contributed by atoms with Crippen LogP contribution in [0.15, 0.2) is 18.2 Å². The summed E-state index contributed by atoms with van der Waals surface area (Å²) in [6, 6.07) is 6.29. The third kappa shape index (κ3) is 5.21. The molecule has 3 heteroatoms. The zero-order valence-corrected chi connectivity index (χ0v) is 12.1. The Morgan fingerprint density at radius 3 is 2.50 bits per heavy atom. The molecule has 18 heavy (non-hydrogen) atoms. The van der Waals surface area contributed by atoms with Gasteiger partial charge in [0.15, 0.2) is 0 Å². The highest BCUT2D eigenvalue weighted by atomic mass is 16.1. The summed E-state index contributed by atoms with van der Waals surface area (Å²) in [6.07, 6.45) is 0.491. The number of hydrogen-bond acceptors (Lipinski definition) is 2. The number of rotatable bonds is 4. The molecule has 1 aromatic carbocycles. The fraction of sp³-hybridized carbons (Fsp3) is 0.533. The van der Waals surface area contributed by atoms with Crippen molar-refractivity contribution in [3.63, 3.8) is 0 Å². The van der Waals surface area contributed by atoms with Gasteiger partial charge < -0.3 is 10.6 Å². The second kappa shape index (κ2) is 5.89. The summed E-state index contributed by atoms with van der Waals surface area (Å²) in [7, 11) is 0. The lowest BCUT2D eigenvalue weighted by atomic mass is 10.1. The summed E-state index contributed by atoms with van der Waals surface area (Å²) in [5.41, 5.74) is 3.38. The van der Waals surface area contributed by atoms with Crippen LogP contribution in [0.3, 0.4) is 0 Å². The third-order valence-electron chi connectivity index (χ3n) is 2.58. The summed E-state index contributed by atoms with van der Waals surface area (Å²) in [4.78, 5) is 11.6. The summed E-state index contributed by atoms with van der Waals surface area (Å²) in [6.45, 7) is 10.8.